The number of aliphatic imine (C=N–C) groups is 2. The molecule has 0 saturated heterocycles. The number of benzene rings is 2. The minimum atomic E-state index is -4.56. The Morgan fingerprint density at radius 1 is 1.00 bits per heavy atom. The molecule has 0 aliphatic carbocycles. The van der Waals surface area contributed by atoms with Gasteiger partial charge in [0, 0.05) is 36.2 Å². The molecule has 2 aromatic carbocycles. The van der Waals surface area contributed by atoms with Gasteiger partial charge in [0.25, 0.3) is 0 Å². The van der Waals surface area contributed by atoms with Crippen molar-refractivity contribution in [3.63, 3.8) is 0 Å². The van der Waals surface area contributed by atoms with E-state index in [0.717, 1.165) is 35.3 Å². The van der Waals surface area contributed by atoms with Gasteiger partial charge >= 0.3 is 6.18 Å². The molecule has 9 heteroatoms. The Balaban J connectivity index is 1.44. The first-order chi connectivity index (χ1) is 22.5. The Morgan fingerprint density at radius 3 is 2.55 bits per heavy atom. The number of halogens is 5. The van der Waals surface area contributed by atoms with Crippen LogP contribution in [-0.4, -0.2) is 31.7 Å². The van der Waals surface area contributed by atoms with Crippen LogP contribution in [-0.2, 0) is 10.9 Å². The zero-order valence-corrected chi connectivity index (χ0v) is 27.3. The third-order valence-corrected chi connectivity index (χ3v) is 9.13. The number of rotatable bonds is 7. The zero-order chi connectivity index (χ0) is 33.7. The minimum absolute atomic E-state index is 0.0354. The van der Waals surface area contributed by atoms with Crippen molar-refractivity contribution in [2.75, 3.05) is 19.8 Å². The molecular weight excluding hydrogens is 611 g/mol. The molecule has 4 nitrogen and oxygen atoms in total. The van der Waals surface area contributed by atoms with Crippen LogP contribution in [0.2, 0.25) is 0 Å². The molecule has 0 N–H and O–H groups in total. The normalized spacial score (nSPS) is 20.0. The van der Waals surface area contributed by atoms with E-state index in [-0.39, 0.29) is 28.7 Å². The van der Waals surface area contributed by atoms with E-state index in [1.165, 1.54) is 12.1 Å². The van der Waals surface area contributed by atoms with E-state index in [2.05, 4.69) is 0 Å². The summed E-state index contributed by atoms with van der Waals surface area (Å²) >= 11 is 0. The van der Waals surface area contributed by atoms with Crippen LogP contribution in [0, 0.1) is 23.5 Å². The number of nitrogens with zero attached hydrogens (tertiary/aromatic N) is 2. The summed E-state index contributed by atoms with van der Waals surface area (Å²) in [6.45, 7) is 8.99. The summed E-state index contributed by atoms with van der Waals surface area (Å²) in [7, 11) is 0. The molecule has 0 spiro atoms. The highest BCUT2D eigenvalue weighted by Gasteiger charge is 2.35. The predicted octanol–water partition coefficient (Wildman–Crippen LogP) is 10.5. The SMILES string of the molecule is CCCOc1ccc(C2=C(C)CCOC(C(C)C3CCC=C4N=C(c5cccc(F)c5F)CCC(C)=C4C=NC3)=C2)c(C(F)(F)F)c1. The Labute approximate surface area is 273 Å². The Kier molecular flexibility index (Phi) is 10.8. The summed E-state index contributed by atoms with van der Waals surface area (Å²) in [6.07, 6.45) is 4.73. The van der Waals surface area contributed by atoms with Gasteiger partial charge in [-0.1, -0.05) is 43.2 Å². The van der Waals surface area contributed by atoms with Crippen molar-refractivity contribution in [1.82, 2.24) is 0 Å². The second kappa shape index (κ2) is 14.8. The molecule has 250 valence electrons. The molecule has 2 aromatic rings. The van der Waals surface area contributed by atoms with Crippen LogP contribution in [0.4, 0.5) is 22.0 Å². The standard InChI is InChI=1S/C38H41F5N2O2/c1-5-17-46-27-13-14-28(32(19-27)38(41,42)43)30-20-36(47-18-16-24(30)3)25(4)26-8-6-11-34-31(22-44-21-26)23(2)12-15-35(45-34)29-9-7-10-33(39)37(29)40/h7,9-11,13-14,19-20,22,25-26H,5-6,8,12,15-18,21H2,1-4H3. The highest BCUT2D eigenvalue weighted by molar-refractivity contribution is 6.03. The maximum atomic E-state index is 14.7. The summed E-state index contributed by atoms with van der Waals surface area (Å²) in [5.41, 5.74) is 4.00. The Bertz CT molecular complexity index is 1680. The van der Waals surface area contributed by atoms with Crippen molar-refractivity contribution >= 4 is 17.5 Å². The molecule has 5 rings (SSSR count). The first-order valence-electron chi connectivity index (χ1n) is 16.3. The van der Waals surface area contributed by atoms with Gasteiger partial charge in [-0.05, 0) is 93.3 Å². The molecule has 0 saturated carbocycles. The molecule has 2 unspecified atom stereocenters. The van der Waals surface area contributed by atoms with Crippen molar-refractivity contribution in [2.24, 2.45) is 21.8 Å². The van der Waals surface area contributed by atoms with E-state index in [0.29, 0.717) is 74.6 Å². The molecule has 0 aromatic heterocycles. The molecule has 3 aliphatic heterocycles. The average molecular weight is 653 g/mol. The zero-order valence-electron chi connectivity index (χ0n) is 27.3. The lowest BCUT2D eigenvalue weighted by atomic mass is 9.86. The topological polar surface area (TPSA) is 43.2 Å². The number of fused-ring (bicyclic) bond motifs is 1. The van der Waals surface area contributed by atoms with Crippen molar-refractivity contribution in [1.29, 1.82) is 0 Å². The summed E-state index contributed by atoms with van der Waals surface area (Å²) < 4.78 is 83.5. The maximum Gasteiger partial charge on any atom is 0.417 e. The van der Waals surface area contributed by atoms with E-state index < -0.39 is 23.4 Å². The summed E-state index contributed by atoms with van der Waals surface area (Å²) in [4.78, 5) is 9.62. The van der Waals surface area contributed by atoms with Gasteiger partial charge in [0.2, 0.25) is 0 Å². The maximum absolute atomic E-state index is 14.7. The molecule has 3 heterocycles. The smallest absolute Gasteiger partial charge is 0.417 e. The van der Waals surface area contributed by atoms with Gasteiger partial charge < -0.3 is 9.47 Å². The number of hydrogen-bond acceptors (Lipinski definition) is 4. The van der Waals surface area contributed by atoms with Crippen molar-refractivity contribution in [2.45, 2.75) is 72.4 Å². The fraction of sp³-hybridized carbons (Fsp3) is 0.421. The third kappa shape index (κ3) is 7.94. The van der Waals surface area contributed by atoms with Crippen molar-refractivity contribution < 1.29 is 31.4 Å². The van der Waals surface area contributed by atoms with Crippen LogP contribution in [0.15, 0.2) is 86.7 Å². The fourth-order valence-corrected chi connectivity index (χ4v) is 6.26. The van der Waals surface area contributed by atoms with Gasteiger partial charge in [0.05, 0.1) is 35.9 Å². The molecular formula is C38H41F5N2O2. The van der Waals surface area contributed by atoms with Gasteiger partial charge in [-0.3, -0.25) is 9.98 Å². The van der Waals surface area contributed by atoms with Crippen LogP contribution in [0.3, 0.4) is 0 Å². The quantitative estimate of drug-likeness (QED) is 0.280. The predicted molar refractivity (Wildman–Crippen MR) is 177 cm³/mol. The van der Waals surface area contributed by atoms with Gasteiger partial charge in [-0.25, -0.2) is 8.78 Å². The lowest BCUT2D eigenvalue weighted by Crippen LogP contribution is -2.19. The summed E-state index contributed by atoms with van der Waals surface area (Å²) in [5, 5.41) is 0. The van der Waals surface area contributed by atoms with Crippen molar-refractivity contribution in [3.05, 3.63) is 105 Å². The second-order valence-corrected chi connectivity index (χ2v) is 12.5. The van der Waals surface area contributed by atoms with Crippen molar-refractivity contribution in [3.8, 4) is 5.75 Å². The third-order valence-electron chi connectivity index (χ3n) is 9.13. The number of alkyl halides is 3. The van der Waals surface area contributed by atoms with Crippen LogP contribution < -0.4 is 4.74 Å². The van der Waals surface area contributed by atoms with Gasteiger partial charge in [0.1, 0.15) is 5.75 Å². The van der Waals surface area contributed by atoms with Gasteiger partial charge in [0.15, 0.2) is 11.6 Å². The Morgan fingerprint density at radius 2 is 1.79 bits per heavy atom. The first-order valence-corrected chi connectivity index (χ1v) is 16.3. The highest BCUT2D eigenvalue weighted by atomic mass is 19.4. The average Bonchev–Trinajstić information content (AvgIpc) is 3.27. The molecule has 0 radical (unpaired) electrons. The van der Waals surface area contributed by atoms with Crippen LogP contribution in [0.1, 0.15) is 82.9 Å². The van der Waals surface area contributed by atoms with Crippen LogP contribution >= 0.6 is 0 Å². The van der Waals surface area contributed by atoms with Gasteiger partial charge in [-0.2, -0.15) is 13.2 Å². The Hall–Kier alpha value is -4.01. The lowest BCUT2D eigenvalue weighted by Gasteiger charge is -2.25. The minimum Gasteiger partial charge on any atom is -0.497 e. The highest BCUT2D eigenvalue weighted by Crippen LogP contribution is 2.41. The molecule has 3 aliphatic rings. The number of hydrogen-bond donors (Lipinski definition) is 0. The summed E-state index contributed by atoms with van der Waals surface area (Å²) in [5.74, 6) is -1.08. The van der Waals surface area contributed by atoms with E-state index in [1.807, 2.05) is 40.0 Å². The molecule has 0 bridgehead atoms. The fourth-order valence-electron chi connectivity index (χ4n) is 6.26. The monoisotopic (exact) mass is 652 g/mol. The number of ether oxygens (including phenoxy) is 2. The first kappa shape index (κ1) is 34.3. The van der Waals surface area contributed by atoms with Crippen LogP contribution in [0.5, 0.6) is 5.75 Å². The molecule has 0 amide bonds. The van der Waals surface area contributed by atoms with E-state index in [1.54, 1.807) is 18.2 Å². The lowest BCUT2D eigenvalue weighted by molar-refractivity contribution is -0.137. The number of allylic oxidation sites excluding steroid dienone is 6. The summed E-state index contributed by atoms with van der Waals surface area (Å²) in [6, 6.07) is 8.32. The van der Waals surface area contributed by atoms with Crippen LogP contribution in [0.25, 0.3) is 5.57 Å². The van der Waals surface area contributed by atoms with E-state index in [9.17, 15) is 22.0 Å². The molecule has 47 heavy (non-hydrogen) atoms. The van der Waals surface area contributed by atoms with E-state index in [4.69, 9.17) is 19.5 Å². The second-order valence-electron chi connectivity index (χ2n) is 12.5. The van der Waals surface area contributed by atoms with Gasteiger partial charge in [-0.15, -0.1) is 0 Å². The molecule has 0 fully saturated rings. The largest absolute Gasteiger partial charge is 0.497 e. The van der Waals surface area contributed by atoms with E-state index >= 15 is 0 Å². The molecule has 2 atom stereocenters.